The molecule has 0 spiro atoms. The highest BCUT2D eigenvalue weighted by Gasteiger charge is 2.15. The average molecular weight is 533 g/mol. The number of hydrazone groups is 1. The Bertz CT molecular complexity index is 1120. The summed E-state index contributed by atoms with van der Waals surface area (Å²) >= 11 is 6.59. The molecule has 0 radical (unpaired) electrons. The molecule has 0 fully saturated rings. The molecule has 7 nitrogen and oxygen atoms in total. The minimum Gasteiger partial charge on any atom is -0.493 e. The van der Waals surface area contributed by atoms with Crippen molar-refractivity contribution in [2.24, 2.45) is 5.10 Å². The second kappa shape index (κ2) is 10.1. The summed E-state index contributed by atoms with van der Waals surface area (Å²) in [5.74, 6) is -0.301. The molecule has 0 aliphatic heterocycles. The summed E-state index contributed by atoms with van der Waals surface area (Å²) in [6, 6.07) is 13.5. The first-order valence-corrected chi connectivity index (χ1v) is 10.1. The molecule has 0 aliphatic rings. The normalized spacial score (nSPS) is 10.6. The average Bonchev–Trinajstić information content (AvgIpc) is 2.74. The summed E-state index contributed by atoms with van der Waals surface area (Å²) in [6.07, 6.45) is 4.47. The zero-order chi connectivity index (χ0) is 21.5. The molecule has 30 heavy (non-hydrogen) atoms. The number of aromatic nitrogens is 1. The number of halogens is 2. The highest BCUT2D eigenvalue weighted by molar-refractivity contribution is 9.10. The van der Waals surface area contributed by atoms with Crippen molar-refractivity contribution >= 4 is 50.0 Å². The van der Waals surface area contributed by atoms with Crippen LogP contribution in [0.3, 0.4) is 0 Å². The van der Waals surface area contributed by atoms with Crippen LogP contribution in [0, 0.1) is 0 Å². The molecule has 2 aromatic carbocycles. The highest BCUT2D eigenvalue weighted by atomic mass is 79.9. The first kappa shape index (κ1) is 21.7. The van der Waals surface area contributed by atoms with Gasteiger partial charge in [0.15, 0.2) is 11.5 Å². The quantitative estimate of drug-likeness (QED) is 0.217. The van der Waals surface area contributed by atoms with Crippen LogP contribution in [-0.4, -0.2) is 30.2 Å². The van der Waals surface area contributed by atoms with Gasteiger partial charge in [-0.05, 0) is 73.8 Å². The molecule has 9 heteroatoms. The van der Waals surface area contributed by atoms with Gasteiger partial charge < -0.3 is 9.47 Å². The van der Waals surface area contributed by atoms with E-state index in [0.717, 1.165) is 0 Å². The fourth-order valence-corrected chi connectivity index (χ4v) is 3.21. The van der Waals surface area contributed by atoms with E-state index in [4.69, 9.17) is 9.47 Å². The summed E-state index contributed by atoms with van der Waals surface area (Å²) < 4.78 is 12.1. The third kappa shape index (κ3) is 5.52. The van der Waals surface area contributed by atoms with Crippen LogP contribution in [0.2, 0.25) is 0 Å². The minimum atomic E-state index is -0.517. The number of ether oxygens (including phenoxy) is 2. The predicted molar refractivity (Wildman–Crippen MR) is 119 cm³/mol. The van der Waals surface area contributed by atoms with Crippen LogP contribution >= 0.6 is 31.9 Å². The van der Waals surface area contributed by atoms with Crippen molar-refractivity contribution in [2.45, 2.75) is 0 Å². The van der Waals surface area contributed by atoms with E-state index in [1.165, 1.54) is 19.5 Å². The Balaban J connectivity index is 1.69. The van der Waals surface area contributed by atoms with E-state index < -0.39 is 11.9 Å². The molecule has 0 atom stereocenters. The van der Waals surface area contributed by atoms with Gasteiger partial charge in [-0.15, -0.1) is 0 Å². The molecular weight excluding hydrogens is 518 g/mol. The lowest BCUT2D eigenvalue weighted by molar-refractivity contribution is 0.0728. The van der Waals surface area contributed by atoms with Crippen LogP contribution in [0.4, 0.5) is 0 Å². The number of nitrogens with zero attached hydrogens (tertiary/aromatic N) is 2. The molecule has 0 saturated carbocycles. The Hall–Kier alpha value is -3.04. The van der Waals surface area contributed by atoms with Gasteiger partial charge in [-0.3, -0.25) is 9.78 Å². The molecule has 3 aromatic rings. The van der Waals surface area contributed by atoms with Gasteiger partial charge in [0, 0.05) is 21.3 Å². The van der Waals surface area contributed by atoms with Crippen LogP contribution in [0.5, 0.6) is 11.5 Å². The topological polar surface area (TPSA) is 89.9 Å². The zero-order valence-electron chi connectivity index (χ0n) is 15.6. The fraction of sp³-hybridized carbons (Fsp3) is 0.0476. The number of pyridine rings is 1. The summed E-state index contributed by atoms with van der Waals surface area (Å²) in [5.41, 5.74) is 3.83. The summed E-state index contributed by atoms with van der Waals surface area (Å²) in [6.45, 7) is 0. The number of amides is 1. The van der Waals surface area contributed by atoms with Gasteiger partial charge >= 0.3 is 5.97 Å². The molecule has 1 aromatic heterocycles. The first-order valence-electron chi connectivity index (χ1n) is 8.56. The number of methoxy groups -OCH3 is 1. The molecule has 0 aliphatic carbocycles. The third-order valence-corrected chi connectivity index (χ3v) is 4.96. The fourth-order valence-electron chi connectivity index (χ4n) is 2.40. The molecule has 1 heterocycles. The second-order valence-corrected chi connectivity index (χ2v) is 7.64. The highest BCUT2D eigenvalue weighted by Crippen LogP contribution is 2.29. The van der Waals surface area contributed by atoms with Crippen molar-refractivity contribution in [1.29, 1.82) is 0 Å². The maximum atomic E-state index is 12.4. The van der Waals surface area contributed by atoms with E-state index in [9.17, 15) is 9.59 Å². The van der Waals surface area contributed by atoms with Gasteiger partial charge in [0.25, 0.3) is 5.91 Å². The Kier molecular flexibility index (Phi) is 7.31. The van der Waals surface area contributed by atoms with Crippen molar-refractivity contribution in [2.75, 3.05) is 7.11 Å². The van der Waals surface area contributed by atoms with Crippen LogP contribution in [0.25, 0.3) is 0 Å². The number of benzene rings is 2. The molecule has 1 amide bonds. The Labute approximate surface area is 189 Å². The molecule has 0 saturated heterocycles. The number of carbonyl (C=O) groups excluding carboxylic acids is 2. The van der Waals surface area contributed by atoms with Crippen molar-refractivity contribution in [3.63, 3.8) is 0 Å². The first-order chi connectivity index (χ1) is 14.5. The van der Waals surface area contributed by atoms with Crippen molar-refractivity contribution < 1.29 is 19.1 Å². The lowest BCUT2D eigenvalue weighted by atomic mass is 10.2. The van der Waals surface area contributed by atoms with Crippen LogP contribution in [0.1, 0.15) is 26.3 Å². The monoisotopic (exact) mass is 531 g/mol. The van der Waals surface area contributed by atoms with Gasteiger partial charge in [-0.1, -0.05) is 12.1 Å². The molecule has 0 unspecified atom stereocenters. The maximum Gasteiger partial charge on any atom is 0.344 e. The van der Waals surface area contributed by atoms with Crippen molar-refractivity contribution in [3.8, 4) is 11.5 Å². The number of carbonyl (C=O) groups is 2. The largest absolute Gasteiger partial charge is 0.493 e. The van der Waals surface area contributed by atoms with Crippen molar-refractivity contribution in [3.05, 3.63) is 86.6 Å². The summed E-state index contributed by atoms with van der Waals surface area (Å²) in [4.78, 5) is 28.4. The van der Waals surface area contributed by atoms with Gasteiger partial charge in [0.2, 0.25) is 0 Å². The number of nitrogens with one attached hydrogen (secondary N) is 1. The van der Waals surface area contributed by atoms with Gasteiger partial charge in [0.05, 0.1) is 24.5 Å². The molecule has 0 bridgehead atoms. The zero-order valence-corrected chi connectivity index (χ0v) is 18.8. The molecule has 152 valence electrons. The Morgan fingerprint density at radius 1 is 1.07 bits per heavy atom. The van der Waals surface area contributed by atoms with E-state index in [1.54, 1.807) is 48.7 Å². The summed E-state index contributed by atoms with van der Waals surface area (Å²) in [7, 11) is 1.47. The van der Waals surface area contributed by atoms with E-state index in [-0.39, 0.29) is 5.75 Å². The van der Waals surface area contributed by atoms with Crippen LogP contribution in [-0.2, 0) is 0 Å². The third-order valence-electron chi connectivity index (χ3n) is 3.83. The van der Waals surface area contributed by atoms with E-state index in [2.05, 4.69) is 47.4 Å². The van der Waals surface area contributed by atoms with Crippen molar-refractivity contribution in [1.82, 2.24) is 10.4 Å². The van der Waals surface area contributed by atoms with Crippen LogP contribution < -0.4 is 14.9 Å². The van der Waals surface area contributed by atoms with E-state index in [0.29, 0.717) is 31.4 Å². The van der Waals surface area contributed by atoms with Gasteiger partial charge in [0.1, 0.15) is 0 Å². The smallest absolute Gasteiger partial charge is 0.344 e. The minimum absolute atomic E-state index is 0.264. The number of hydrogen-bond acceptors (Lipinski definition) is 6. The number of esters is 1. The number of hydrogen-bond donors (Lipinski definition) is 1. The summed E-state index contributed by atoms with van der Waals surface area (Å²) in [5, 5.41) is 3.94. The lowest BCUT2D eigenvalue weighted by Crippen LogP contribution is -2.17. The molecule has 3 rings (SSSR count). The number of rotatable bonds is 6. The van der Waals surface area contributed by atoms with E-state index in [1.807, 2.05) is 6.07 Å². The maximum absolute atomic E-state index is 12.4. The Morgan fingerprint density at radius 3 is 2.60 bits per heavy atom. The van der Waals surface area contributed by atoms with Gasteiger partial charge in [-0.25, -0.2) is 10.2 Å². The standard InChI is InChI=1S/C21H15Br2N3O4/c1-29-19-8-13(10-25-26-20(27)14-9-15(22)12-24-11-14)6-7-18(19)30-21(28)16-4-2-3-5-17(16)23/h2-12H,1H3,(H,26,27)/b25-10-. The SMILES string of the molecule is COc1cc(/C=N\NC(=O)c2cncc(Br)c2)ccc1OC(=O)c1ccccc1Br. The molecule has 1 N–H and O–H groups in total. The molecular formula is C21H15Br2N3O4. The van der Waals surface area contributed by atoms with E-state index >= 15 is 0 Å². The second-order valence-electron chi connectivity index (χ2n) is 5.87. The van der Waals surface area contributed by atoms with Gasteiger partial charge in [-0.2, -0.15) is 5.10 Å². The lowest BCUT2D eigenvalue weighted by Gasteiger charge is -2.10. The Morgan fingerprint density at radius 2 is 1.87 bits per heavy atom. The predicted octanol–water partition coefficient (Wildman–Crippen LogP) is 4.60. The van der Waals surface area contributed by atoms with Crippen LogP contribution in [0.15, 0.2) is 75.0 Å².